The Bertz CT molecular complexity index is 88.7. The summed E-state index contributed by atoms with van der Waals surface area (Å²) in [5, 5.41) is 0. The van der Waals surface area contributed by atoms with Gasteiger partial charge in [0.2, 0.25) is 0 Å². The maximum absolute atomic E-state index is 2.31. The molecule has 96 valence electrons. The van der Waals surface area contributed by atoms with Gasteiger partial charge in [0.05, 0.1) is 26.2 Å². The van der Waals surface area contributed by atoms with Crippen LogP contribution in [0.1, 0.15) is 53.4 Å². The highest BCUT2D eigenvalue weighted by atomic mass is 16.0. The summed E-state index contributed by atoms with van der Waals surface area (Å²) in [6.45, 7) is 14.8. The average molecular weight is 221 g/mol. The molecule has 3 nitrogen and oxygen atoms in total. The van der Waals surface area contributed by atoms with E-state index < -0.39 is 0 Å². The Morgan fingerprint density at radius 2 is 0.800 bits per heavy atom. The molecule has 15 heavy (non-hydrogen) atoms. The molecule has 0 aliphatic heterocycles. The first kappa shape index (κ1) is 20.3. The van der Waals surface area contributed by atoms with Crippen molar-refractivity contribution in [2.45, 2.75) is 53.4 Å². The predicted octanol–water partition coefficient (Wildman–Crippen LogP) is 2.44. The highest BCUT2D eigenvalue weighted by molar-refractivity contribution is 4.43. The molecule has 0 aromatic heterocycles. The van der Waals surface area contributed by atoms with Crippen LogP contribution in [0.25, 0.3) is 0 Å². The fraction of sp³-hybridized carbons (Fsp3) is 1.00. The van der Waals surface area contributed by atoms with Gasteiger partial charge in [-0.2, -0.15) is 0 Å². The average Bonchev–Trinajstić information content (AvgIpc) is 2.06. The molecule has 0 rings (SSSR count). The molecule has 0 aromatic rings. The molecule has 3 N–H and O–H groups in total. The van der Waals surface area contributed by atoms with Crippen molar-refractivity contribution in [1.29, 1.82) is 0 Å². The Kier molecular flexibility index (Phi) is 16.2. The van der Waals surface area contributed by atoms with E-state index in [9.17, 15) is 0 Å². The Labute approximate surface area is 95.7 Å². The van der Waals surface area contributed by atoms with E-state index in [0.29, 0.717) is 0 Å². The number of quaternary nitrogens is 1. The molecule has 0 unspecified atom stereocenters. The van der Waals surface area contributed by atoms with E-state index in [0.717, 1.165) is 0 Å². The minimum Gasteiger partial charge on any atom is -0.870 e. The third-order valence-corrected chi connectivity index (χ3v) is 2.79. The molecule has 0 atom stereocenters. The van der Waals surface area contributed by atoms with Crippen LogP contribution in [0, 0.1) is 0 Å². The quantitative estimate of drug-likeness (QED) is 0.581. The molecule has 0 aliphatic rings. The van der Waals surface area contributed by atoms with Crippen molar-refractivity contribution < 1.29 is 15.4 Å². The van der Waals surface area contributed by atoms with E-state index in [1.165, 1.54) is 56.3 Å². The zero-order chi connectivity index (χ0) is 10.2. The van der Waals surface area contributed by atoms with E-state index in [-0.39, 0.29) is 11.0 Å². The number of hydrogen-bond acceptors (Lipinski definition) is 1. The van der Waals surface area contributed by atoms with Gasteiger partial charge in [-0.05, 0) is 25.7 Å². The second kappa shape index (κ2) is 12.0. The summed E-state index contributed by atoms with van der Waals surface area (Å²) in [7, 11) is 0. The molecule has 0 saturated carbocycles. The van der Waals surface area contributed by atoms with E-state index in [2.05, 4.69) is 27.7 Å². The summed E-state index contributed by atoms with van der Waals surface area (Å²) in [6, 6.07) is 0. The summed E-state index contributed by atoms with van der Waals surface area (Å²) < 4.78 is 1.38. The highest BCUT2D eigenvalue weighted by Crippen LogP contribution is 2.12. The van der Waals surface area contributed by atoms with Gasteiger partial charge in [-0.1, -0.05) is 27.7 Å². The third-order valence-electron chi connectivity index (χ3n) is 2.79. The van der Waals surface area contributed by atoms with Gasteiger partial charge in [0.25, 0.3) is 0 Å². The maximum Gasteiger partial charge on any atom is 0.0783 e. The molecule has 0 aliphatic carbocycles. The Balaban J connectivity index is -0.000000720. The van der Waals surface area contributed by atoms with Crippen molar-refractivity contribution in [1.82, 2.24) is 0 Å². The molecular weight excluding hydrogens is 190 g/mol. The molecule has 0 bridgehead atoms. The first-order chi connectivity index (χ1) is 6.24. The molecule has 0 aromatic carbocycles. The summed E-state index contributed by atoms with van der Waals surface area (Å²) in [4.78, 5) is 0. The van der Waals surface area contributed by atoms with Crippen molar-refractivity contribution in [3.63, 3.8) is 0 Å². The lowest BCUT2D eigenvalue weighted by Crippen LogP contribution is -2.50. The van der Waals surface area contributed by atoms with Crippen molar-refractivity contribution in [2.75, 3.05) is 26.2 Å². The van der Waals surface area contributed by atoms with Gasteiger partial charge < -0.3 is 15.4 Å². The van der Waals surface area contributed by atoms with Crippen LogP contribution in [0.15, 0.2) is 0 Å². The molecule has 0 fully saturated rings. The Hall–Kier alpha value is -0.120. The summed E-state index contributed by atoms with van der Waals surface area (Å²) >= 11 is 0. The molecule has 0 amide bonds. The fourth-order valence-electron chi connectivity index (χ4n) is 2.57. The first-order valence-electron chi connectivity index (χ1n) is 6.09. The number of rotatable bonds is 8. The minimum absolute atomic E-state index is 0. The highest BCUT2D eigenvalue weighted by Gasteiger charge is 2.22. The largest absolute Gasteiger partial charge is 0.870 e. The van der Waals surface area contributed by atoms with Gasteiger partial charge in [-0.25, -0.2) is 0 Å². The molecular formula is C12H31NO2. The second-order valence-electron chi connectivity index (χ2n) is 4.24. The van der Waals surface area contributed by atoms with Crippen molar-refractivity contribution in [3.05, 3.63) is 0 Å². The lowest BCUT2D eigenvalue weighted by Gasteiger charge is -2.38. The van der Waals surface area contributed by atoms with E-state index >= 15 is 0 Å². The van der Waals surface area contributed by atoms with Crippen LogP contribution < -0.4 is 0 Å². The second-order valence-corrected chi connectivity index (χ2v) is 4.24. The lowest BCUT2D eigenvalue weighted by atomic mass is 10.2. The fourth-order valence-corrected chi connectivity index (χ4v) is 2.57. The first-order valence-corrected chi connectivity index (χ1v) is 6.09. The molecule has 3 heteroatoms. The summed E-state index contributed by atoms with van der Waals surface area (Å²) in [5.41, 5.74) is 0. The van der Waals surface area contributed by atoms with Crippen LogP contribution in [0.4, 0.5) is 0 Å². The molecule has 0 saturated heterocycles. The Morgan fingerprint density at radius 1 is 0.600 bits per heavy atom. The summed E-state index contributed by atoms with van der Waals surface area (Å²) in [5.74, 6) is 0. The van der Waals surface area contributed by atoms with E-state index in [4.69, 9.17) is 0 Å². The van der Waals surface area contributed by atoms with Crippen LogP contribution >= 0.6 is 0 Å². The SMILES string of the molecule is CCC[N+](CCC)(CCC)CCC.O.[OH-]. The third kappa shape index (κ3) is 7.77. The monoisotopic (exact) mass is 221 g/mol. The van der Waals surface area contributed by atoms with Crippen LogP contribution in [-0.2, 0) is 0 Å². The molecule has 0 heterocycles. The number of nitrogens with zero attached hydrogens (tertiary/aromatic N) is 1. The van der Waals surface area contributed by atoms with Gasteiger partial charge in [-0.15, -0.1) is 0 Å². The van der Waals surface area contributed by atoms with Crippen LogP contribution in [0.3, 0.4) is 0 Å². The van der Waals surface area contributed by atoms with Gasteiger partial charge in [0.1, 0.15) is 0 Å². The van der Waals surface area contributed by atoms with Crippen LogP contribution in [0.5, 0.6) is 0 Å². The smallest absolute Gasteiger partial charge is 0.0783 e. The van der Waals surface area contributed by atoms with E-state index in [1.807, 2.05) is 0 Å². The van der Waals surface area contributed by atoms with Gasteiger partial charge >= 0.3 is 0 Å². The van der Waals surface area contributed by atoms with Crippen molar-refractivity contribution in [2.24, 2.45) is 0 Å². The topological polar surface area (TPSA) is 61.5 Å². The normalized spacial score (nSPS) is 10.4. The number of hydrogen-bond donors (Lipinski definition) is 0. The zero-order valence-electron chi connectivity index (χ0n) is 11.1. The maximum atomic E-state index is 2.31. The van der Waals surface area contributed by atoms with Crippen LogP contribution in [0.2, 0.25) is 0 Å². The molecule has 0 spiro atoms. The van der Waals surface area contributed by atoms with Crippen LogP contribution in [-0.4, -0.2) is 41.6 Å². The zero-order valence-corrected chi connectivity index (χ0v) is 11.1. The summed E-state index contributed by atoms with van der Waals surface area (Å²) in [6.07, 6.45) is 5.33. The molecule has 0 radical (unpaired) electrons. The van der Waals surface area contributed by atoms with Gasteiger partial charge in [-0.3, -0.25) is 0 Å². The lowest BCUT2D eigenvalue weighted by molar-refractivity contribution is -0.928. The Morgan fingerprint density at radius 3 is 0.933 bits per heavy atom. The predicted molar refractivity (Wildman–Crippen MR) is 66.4 cm³/mol. The van der Waals surface area contributed by atoms with E-state index in [1.54, 1.807) is 0 Å². The van der Waals surface area contributed by atoms with Crippen molar-refractivity contribution in [3.8, 4) is 0 Å². The van der Waals surface area contributed by atoms with Gasteiger partial charge in [0.15, 0.2) is 0 Å². The van der Waals surface area contributed by atoms with Gasteiger partial charge in [0, 0.05) is 0 Å². The minimum atomic E-state index is 0. The van der Waals surface area contributed by atoms with Crippen molar-refractivity contribution >= 4 is 0 Å². The standard InChI is InChI=1S/C12H28N.2H2O/c1-5-9-13(10-6-2,11-7-3)12-8-4;;/h5-12H2,1-4H3;2*1H2/q+1;;/p-1.